The van der Waals surface area contributed by atoms with Crippen molar-refractivity contribution in [2.24, 2.45) is 0 Å². The molecule has 2 rings (SSSR count). The van der Waals surface area contributed by atoms with Gasteiger partial charge in [0.1, 0.15) is 0 Å². The van der Waals surface area contributed by atoms with E-state index in [2.05, 4.69) is 61.2 Å². The largest absolute Gasteiger partial charge is 0.103 e. The van der Waals surface area contributed by atoms with E-state index in [-0.39, 0.29) is 5.41 Å². The van der Waals surface area contributed by atoms with E-state index < -0.39 is 0 Å². The fraction of sp³-hybridized carbons (Fsp3) is 0.200. The highest BCUT2D eigenvalue weighted by molar-refractivity contribution is 5.39. The Kier molecular flexibility index (Phi) is 2.86. The molecule has 0 aliphatic heterocycles. The van der Waals surface area contributed by atoms with Crippen molar-refractivity contribution in [2.45, 2.75) is 18.3 Å². The zero-order valence-electron chi connectivity index (χ0n) is 8.89. The summed E-state index contributed by atoms with van der Waals surface area (Å²) in [5.74, 6) is 0. The first-order valence-electron chi connectivity index (χ1n) is 5.39. The van der Waals surface area contributed by atoms with Crippen molar-refractivity contribution in [1.82, 2.24) is 0 Å². The van der Waals surface area contributed by atoms with Gasteiger partial charge in [-0.2, -0.15) is 0 Å². The van der Waals surface area contributed by atoms with Crippen LogP contribution in [0.15, 0.2) is 67.3 Å². The van der Waals surface area contributed by atoms with Crippen molar-refractivity contribution in [3.05, 3.63) is 72.9 Å². The van der Waals surface area contributed by atoms with Crippen LogP contribution in [0.3, 0.4) is 0 Å². The summed E-state index contributed by atoms with van der Waals surface area (Å²) in [4.78, 5) is 0. The zero-order chi connectivity index (χ0) is 10.6. The summed E-state index contributed by atoms with van der Waals surface area (Å²) < 4.78 is 0. The summed E-state index contributed by atoms with van der Waals surface area (Å²) >= 11 is 0. The van der Waals surface area contributed by atoms with E-state index in [1.165, 1.54) is 5.56 Å². The van der Waals surface area contributed by atoms with Gasteiger partial charge in [0.2, 0.25) is 0 Å². The Morgan fingerprint density at radius 3 is 2.40 bits per heavy atom. The molecule has 0 aromatic heterocycles. The van der Waals surface area contributed by atoms with Gasteiger partial charge in [-0.3, -0.25) is 0 Å². The molecule has 0 spiro atoms. The first kappa shape index (κ1) is 9.97. The number of hydrogen-bond acceptors (Lipinski definition) is 0. The monoisotopic (exact) mass is 196 g/mol. The Balaban J connectivity index is 2.43. The van der Waals surface area contributed by atoms with Gasteiger partial charge < -0.3 is 0 Å². The third kappa shape index (κ3) is 1.94. The molecule has 0 saturated carbocycles. The van der Waals surface area contributed by atoms with Gasteiger partial charge >= 0.3 is 0 Å². The van der Waals surface area contributed by atoms with Crippen molar-refractivity contribution in [3.8, 4) is 0 Å². The fourth-order valence-electron chi connectivity index (χ4n) is 2.12. The minimum absolute atomic E-state index is 0.0429. The zero-order valence-corrected chi connectivity index (χ0v) is 8.89. The third-order valence-corrected chi connectivity index (χ3v) is 2.90. The average Bonchev–Trinajstić information content (AvgIpc) is 2.32. The van der Waals surface area contributed by atoms with Crippen LogP contribution in [0.5, 0.6) is 0 Å². The van der Waals surface area contributed by atoms with Gasteiger partial charge in [0.15, 0.2) is 0 Å². The summed E-state index contributed by atoms with van der Waals surface area (Å²) in [5, 5.41) is 0. The Bertz CT molecular complexity index is 370. The van der Waals surface area contributed by atoms with Gasteiger partial charge in [0, 0.05) is 5.41 Å². The molecule has 1 aromatic rings. The number of rotatable bonds is 3. The molecule has 15 heavy (non-hydrogen) atoms. The predicted octanol–water partition coefficient (Wildman–Crippen LogP) is 4.02. The Labute approximate surface area is 91.6 Å². The number of hydrogen-bond donors (Lipinski definition) is 0. The molecule has 0 unspecified atom stereocenters. The Hall–Kier alpha value is -1.56. The molecule has 0 radical (unpaired) electrons. The van der Waals surface area contributed by atoms with Gasteiger partial charge in [-0.1, -0.05) is 60.7 Å². The van der Waals surface area contributed by atoms with E-state index in [1.54, 1.807) is 0 Å². The summed E-state index contributed by atoms with van der Waals surface area (Å²) in [5.41, 5.74) is 1.39. The lowest BCUT2D eigenvalue weighted by Gasteiger charge is -2.28. The molecule has 0 amide bonds. The number of allylic oxidation sites excluding steroid dienone is 5. The minimum atomic E-state index is 0.0429. The van der Waals surface area contributed by atoms with Crippen LogP contribution in [0.4, 0.5) is 0 Å². The molecule has 0 N–H and O–H groups in total. The van der Waals surface area contributed by atoms with E-state index in [9.17, 15) is 0 Å². The van der Waals surface area contributed by atoms with E-state index in [4.69, 9.17) is 0 Å². The molecular weight excluding hydrogens is 180 g/mol. The first-order chi connectivity index (χ1) is 7.37. The standard InChI is InChI=1S/C15H16/c1-2-11-15(12-7-4-8-13-15)14-9-5-3-6-10-14/h2-3,5-10,12-13H,1,4,11H2. The fourth-order valence-corrected chi connectivity index (χ4v) is 2.12. The normalized spacial score (nSPS) is 17.6. The maximum atomic E-state index is 3.86. The van der Waals surface area contributed by atoms with Crippen LogP contribution in [-0.4, -0.2) is 0 Å². The lowest BCUT2D eigenvalue weighted by molar-refractivity contribution is 0.671. The summed E-state index contributed by atoms with van der Waals surface area (Å²) in [6.07, 6.45) is 13.1. The average molecular weight is 196 g/mol. The summed E-state index contributed by atoms with van der Waals surface area (Å²) in [6, 6.07) is 10.6. The van der Waals surface area contributed by atoms with Crippen LogP contribution < -0.4 is 0 Å². The van der Waals surface area contributed by atoms with Crippen molar-refractivity contribution in [2.75, 3.05) is 0 Å². The molecular formula is C15H16. The molecule has 0 bridgehead atoms. The lowest BCUT2D eigenvalue weighted by atomic mass is 9.75. The molecule has 0 fully saturated rings. The second kappa shape index (κ2) is 4.31. The first-order valence-corrected chi connectivity index (χ1v) is 5.39. The van der Waals surface area contributed by atoms with Gasteiger partial charge in [0.25, 0.3) is 0 Å². The highest BCUT2D eigenvalue weighted by Gasteiger charge is 2.25. The van der Waals surface area contributed by atoms with E-state index >= 15 is 0 Å². The van der Waals surface area contributed by atoms with E-state index in [0.29, 0.717) is 0 Å². The van der Waals surface area contributed by atoms with Crippen molar-refractivity contribution < 1.29 is 0 Å². The molecule has 1 aliphatic carbocycles. The van der Waals surface area contributed by atoms with Crippen LogP contribution in [-0.2, 0) is 5.41 Å². The maximum Gasteiger partial charge on any atom is 0.0346 e. The van der Waals surface area contributed by atoms with Gasteiger partial charge in [-0.05, 0) is 18.4 Å². The van der Waals surface area contributed by atoms with Gasteiger partial charge in [0.05, 0.1) is 0 Å². The van der Waals surface area contributed by atoms with Crippen molar-refractivity contribution in [3.63, 3.8) is 0 Å². The second-order valence-electron chi connectivity index (χ2n) is 3.94. The minimum Gasteiger partial charge on any atom is -0.103 e. The van der Waals surface area contributed by atoms with Crippen LogP contribution in [0, 0.1) is 0 Å². The van der Waals surface area contributed by atoms with E-state index in [0.717, 1.165) is 12.8 Å². The van der Waals surface area contributed by atoms with Gasteiger partial charge in [-0.25, -0.2) is 0 Å². The van der Waals surface area contributed by atoms with Crippen molar-refractivity contribution >= 4 is 0 Å². The Morgan fingerprint density at radius 1 is 1.13 bits per heavy atom. The van der Waals surface area contributed by atoms with Crippen molar-refractivity contribution in [1.29, 1.82) is 0 Å². The van der Waals surface area contributed by atoms with Crippen LogP contribution in [0.2, 0.25) is 0 Å². The molecule has 1 aromatic carbocycles. The third-order valence-electron chi connectivity index (χ3n) is 2.90. The molecule has 0 heterocycles. The van der Waals surface area contributed by atoms with Crippen LogP contribution >= 0.6 is 0 Å². The van der Waals surface area contributed by atoms with E-state index in [1.807, 2.05) is 6.08 Å². The smallest absolute Gasteiger partial charge is 0.0346 e. The maximum absolute atomic E-state index is 3.86. The topological polar surface area (TPSA) is 0 Å². The highest BCUT2D eigenvalue weighted by atomic mass is 14.3. The SMILES string of the molecule is C=CCC1(c2ccccc2)C=CCC=C1. The summed E-state index contributed by atoms with van der Waals surface area (Å²) in [7, 11) is 0. The predicted molar refractivity (Wildman–Crippen MR) is 65.8 cm³/mol. The molecule has 1 aliphatic rings. The van der Waals surface area contributed by atoms with Crippen LogP contribution in [0.25, 0.3) is 0 Å². The molecule has 0 atom stereocenters. The molecule has 76 valence electrons. The number of benzene rings is 1. The van der Waals surface area contributed by atoms with Crippen LogP contribution in [0.1, 0.15) is 18.4 Å². The lowest BCUT2D eigenvalue weighted by Crippen LogP contribution is -2.21. The molecule has 0 heteroatoms. The second-order valence-corrected chi connectivity index (χ2v) is 3.94. The summed E-state index contributed by atoms with van der Waals surface area (Å²) in [6.45, 7) is 3.86. The Morgan fingerprint density at radius 2 is 1.80 bits per heavy atom. The van der Waals surface area contributed by atoms with Gasteiger partial charge in [-0.15, -0.1) is 6.58 Å². The quantitative estimate of drug-likeness (QED) is 0.641. The molecule has 0 nitrogen and oxygen atoms in total. The highest BCUT2D eigenvalue weighted by Crippen LogP contribution is 2.34. The molecule has 0 saturated heterocycles.